The summed E-state index contributed by atoms with van der Waals surface area (Å²) in [4.78, 5) is 94.1. The van der Waals surface area contributed by atoms with E-state index in [2.05, 4.69) is 33.9 Å². The molecule has 6 fully saturated rings. The van der Waals surface area contributed by atoms with Crippen molar-refractivity contribution in [3.63, 3.8) is 0 Å². The summed E-state index contributed by atoms with van der Waals surface area (Å²) in [6.45, 7) is 13.6. The lowest BCUT2D eigenvalue weighted by Gasteiger charge is -2.49. The summed E-state index contributed by atoms with van der Waals surface area (Å²) < 4.78 is 128. The molecular formula is C110H123F6N3O28Si. The summed E-state index contributed by atoms with van der Waals surface area (Å²) in [7, 11) is -2.59. The lowest BCUT2D eigenvalue weighted by molar-refractivity contribution is -0.244. The minimum Gasteiger partial charge on any atom is -0.543 e. The molecule has 31 nitrogen and oxygen atoms in total. The first-order valence-corrected chi connectivity index (χ1v) is 51.5. The van der Waals surface area contributed by atoms with Gasteiger partial charge in [0.05, 0.1) is 73.5 Å². The molecule has 148 heavy (non-hydrogen) atoms. The number of phenolic OH excluding ortho intramolecular Hbond substituents is 2. The SMILES string of the molecule is CC(=O)OCC1O[C@@H](/C=C/c2ccc([C@@H]3[C@@H](CC[C@H](O)c4ccc(F)cc4)C(=O)N3c3ccc(F)cc3)c(O[Si](C)(C)C(C)(C)C)c2)C(OC(C)=O)[C@@H](OC(C)=O)[C@@H]1OC(C)=O.O=C1[C@H](CC[C@H](O)c2ccc(F)cc2)[C@@H](c2ccc(/C=C/[C@@H]3OC(CO)[C@@H](O)[C@H](O)C3O)cc2O)N1c1ccc(F)cc1.O=C1[C@H](CC[C@H](O)c2ccc(F)cc2)[C@@H](c2ccc(CC[C@@H]3OC(CO)[C@@H](O)[C@H](O)C3O)cc2O)N1c1ccc(F)cc1. The average Bonchev–Trinajstić information content (AvgIpc) is 0.744. The zero-order valence-electron chi connectivity index (χ0n) is 82.5. The predicted octanol–water partition coefficient (Wildman–Crippen LogP) is 13.1. The van der Waals surface area contributed by atoms with E-state index in [1.807, 2.05) is 12.1 Å². The van der Waals surface area contributed by atoms with Gasteiger partial charge in [-0.2, -0.15) is 0 Å². The van der Waals surface area contributed by atoms with E-state index in [0.717, 1.165) is 20.8 Å². The smallest absolute Gasteiger partial charge is 0.303 e. The van der Waals surface area contributed by atoms with Crippen molar-refractivity contribution in [1.82, 2.24) is 0 Å². The van der Waals surface area contributed by atoms with Gasteiger partial charge < -0.3 is 119 Å². The summed E-state index contributed by atoms with van der Waals surface area (Å²) in [5.74, 6) is -7.82. The van der Waals surface area contributed by atoms with E-state index in [0.29, 0.717) is 79.3 Å². The van der Waals surface area contributed by atoms with E-state index in [-0.39, 0.29) is 85.8 Å². The van der Waals surface area contributed by atoms with Crippen LogP contribution in [0.5, 0.6) is 17.2 Å². The monoisotopic (exact) mass is 2080 g/mol. The molecule has 6 unspecified atom stereocenters. The fourth-order valence-electron chi connectivity index (χ4n) is 19.0. The highest BCUT2D eigenvalue weighted by atomic mass is 28.4. The summed E-state index contributed by atoms with van der Waals surface area (Å²) in [5.41, 5.74) is 6.25. The van der Waals surface area contributed by atoms with E-state index in [1.165, 1.54) is 187 Å². The summed E-state index contributed by atoms with van der Waals surface area (Å²) >= 11 is 0. The highest BCUT2D eigenvalue weighted by Gasteiger charge is 2.56. The van der Waals surface area contributed by atoms with E-state index in [4.69, 9.17) is 37.6 Å². The van der Waals surface area contributed by atoms with Crippen LogP contribution in [-0.4, -0.2) is 228 Å². The van der Waals surface area contributed by atoms with Crippen molar-refractivity contribution in [3.05, 3.63) is 297 Å². The first kappa shape index (κ1) is 113. The number of nitrogens with zero attached hydrogens (tertiary/aromatic N) is 3. The van der Waals surface area contributed by atoms with E-state index in [1.54, 1.807) is 47.4 Å². The number of esters is 4. The Hall–Kier alpha value is -12.6. The standard InChI is InChI=1S/C46H55F2NO12Si.C32H35F2NO8.C32H33F2NO8/c1-26(50)56-25-40-43(58-28(3)52)44(59-29(4)53)42(57-27(2)51)38(60-40)23-11-30-10-20-35(39(24-30)61-62(8,9)46(5,6)7)41-36(21-22-37(54)31-12-14-32(47)15-13-31)45(55)49(41)34-18-16-33(48)17-19-34;2*33-19-5-3-18(4-6-19)24(37)13-12-23-28(35(32(23)42)21-9-7-20(34)8-10-21)22-11-1-17(15-25(22)38)2-14-26-29(39)31(41)30(40)27(16-36)43-26/h10-20,23-24,36-38,40-44,54H,21-22,25H2,1-9H3;1,3-11,15,23-24,26-31,36-41H,2,12-14,16H2;1-11,14-15,23-24,26-31,36-41H,12-13,16H2/b23-11+;;14-2+/t36-,37+,38+,40?,41-,42?,43-,44-;2*23-,24+,26+,27?,28-,29?,30-,31-/m111/s1. The molecule has 0 saturated carbocycles. The van der Waals surface area contributed by atoms with Crippen molar-refractivity contribution in [1.29, 1.82) is 0 Å². The maximum absolute atomic E-state index is 14.1. The molecule has 0 aliphatic carbocycles. The molecule has 6 heterocycles. The predicted molar refractivity (Wildman–Crippen MR) is 528 cm³/mol. The molecule has 0 radical (unpaired) electrons. The number of ether oxygens (including phenoxy) is 7. The molecule has 6 aliphatic rings. The van der Waals surface area contributed by atoms with Gasteiger partial charge in [0.1, 0.15) is 126 Å². The molecule has 0 aromatic heterocycles. The topological polar surface area (TPSA) is 466 Å². The number of anilines is 3. The Morgan fingerprint density at radius 1 is 0.399 bits per heavy atom. The van der Waals surface area contributed by atoms with E-state index in [9.17, 15) is 126 Å². The average molecular weight is 2080 g/mol. The van der Waals surface area contributed by atoms with Gasteiger partial charge in [0, 0.05) is 61.4 Å². The molecular weight excluding hydrogens is 1950 g/mol. The number of aromatic hydroxyl groups is 2. The van der Waals surface area contributed by atoms with Crippen LogP contribution in [0.3, 0.4) is 0 Å². The minimum absolute atomic E-state index is 0.0833. The van der Waals surface area contributed by atoms with Gasteiger partial charge in [0.25, 0.3) is 0 Å². The molecule has 6 aliphatic heterocycles. The number of carbonyl (C=O) groups excluding carboxylic acids is 7. The maximum atomic E-state index is 14.1. The van der Waals surface area contributed by atoms with Gasteiger partial charge in [-0.25, -0.2) is 26.3 Å². The zero-order valence-corrected chi connectivity index (χ0v) is 83.5. The summed E-state index contributed by atoms with van der Waals surface area (Å²) in [6, 6.07) is 46.3. The Balaban J connectivity index is 0.000000190. The number of halogens is 6. The van der Waals surface area contributed by atoms with Crippen LogP contribution in [0.15, 0.2) is 212 Å². The van der Waals surface area contributed by atoms with Crippen molar-refractivity contribution in [2.75, 3.05) is 34.5 Å². The molecule has 3 amide bonds. The van der Waals surface area contributed by atoms with Gasteiger partial charge >= 0.3 is 23.9 Å². The van der Waals surface area contributed by atoms with Crippen molar-refractivity contribution in [3.8, 4) is 17.2 Å². The second kappa shape index (κ2) is 49.2. The Morgan fingerprint density at radius 2 is 0.743 bits per heavy atom. The van der Waals surface area contributed by atoms with Crippen LogP contribution in [0.1, 0.15) is 180 Å². The zero-order chi connectivity index (χ0) is 107. The number of phenols is 2. The highest BCUT2D eigenvalue weighted by molar-refractivity contribution is 6.74. The number of aryl methyl sites for hydroxylation is 1. The van der Waals surface area contributed by atoms with Crippen LogP contribution in [0, 0.1) is 52.7 Å². The summed E-state index contributed by atoms with van der Waals surface area (Å²) in [5, 5.41) is 134. The fourth-order valence-corrected chi connectivity index (χ4v) is 20.0. The minimum atomic E-state index is -2.59. The first-order valence-electron chi connectivity index (χ1n) is 48.6. The maximum Gasteiger partial charge on any atom is 0.303 e. The van der Waals surface area contributed by atoms with Crippen molar-refractivity contribution in [2.45, 2.75) is 246 Å². The second-order valence-corrected chi connectivity index (χ2v) is 43.8. The number of rotatable bonds is 34. The van der Waals surface area contributed by atoms with E-state index >= 15 is 0 Å². The number of hydrogen-bond acceptors (Lipinski definition) is 28. The lowest BCUT2D eigenvalue weighted by Crippen LogP contribution is -2.61. The molecule has 6 saturated heterocycles. The molecule has 0 bridgehead atoms. The van der Waals surface area contributed by atoms with Crippen LogP contribution in [0.25, 0.3) is 12.2 Å². The van der Waals surface area contributed by atoms with Crippen molar-refractivity contribution in [2.24, 2.45) is 17.8 Å². The fraction of sp³-hybridized carbons (Fsp3) is 0.409. The number of benzene rings is 9. The number of aliphatic hydroxyl groups excluding tert-OH is 11. The third-order valence-corrected chi connectivity index (χ3v) is 32.3. The van der Waals surface area contributed by atoms with Crippen molar-refractivity contribution >= 4 is 79.1 Å². The van der Waals surface area contributed by atoms with Gasteiger partial charge in [-0.05, 0) is 230 Å². The molecule has 9 aromatic carbocycles. The van der Waals surface area contributed by atoms with Crippen LogP contribution < -0.4 is 19.1 Å². The number of hydrogen-bond donors (Lipinski definition) is 13. The normalized spacial score (nSPS) is 26.1. The van der Waals surface area contributed by atoms with Crippen LogP contribution in [0.2, 0.25) is 18.1 Å². The van der Waals surface area contributed by atoms with Gasteiger partial charge in [-0.3, -0.25) is 33.6 Å². The van der Waals surface area contributed by atoms with Crippen LogP contribution >= 0.6 is 0 Å². The number of aliphatic hydroxyl groups is 11. The Bertz CT molecular complexity index is 6150. The molecule has 38 heteroatoms. The second-order valence-electron chi connectivity index (χ2n) is 39.1. The highest BCUT2D eigenvalue weighted by Crippen LogP contribution is 2.54. The van der Waals surface area contributed by atoms with Crippen molar-refractivity contribution < 1.29 is 164 Å². The molecule has 0 spiro atoms. The third kappa shape index (κ3) is 26.8. The van der Waals surface area contributed by atoms with Gasteiger partial charge in [-0.1, -0.05) is 118 Å². The van der Waals surface area contributed by atoms with Gasteiger partial charge in [0.15, 0.2) is 18.3 Å². The Labute approximate surface area is 851 Å². The largest absolute Gasteiger partial charge is 0.543 e. The number of amides is 3. The molecule has 9 aromatic rings. The Kier molecular flexibility index (Phi) is 37.4. The van der Waals surface area contributed by atoms with Gasteiger partial charge in [-0.15, -0.1) is 0 Å². The summed E-state index contributed by atoms with van der Waals surface area (Å²) in [6.07, 6.45) is -13.5. The molecule has 15 rings (SSSR count). The number of carbonyl (C=O) groups is 7. The first-order chi connectivity index (χ1) is 70.2. The third-order valence-electron chi connectivity index (χ3n) is 27.9. The van der Waals surface area contributed by atoms with Crippen LogP contribution in [-0.2, 0) is 73.1 Å². The lowest BCUT2D eigenvalue weighted by atomic mass is 9.77. The van der Waals surface area contributed by atoms with Gasteiger partial charge in [0.2, 0.25) is 26.0 Å². The van der Waals surface area contributed by atoms with E-state index < -0.39 is 226 Å². The molecule has 24 atom stereocenters. The molecule has 792 valence electrons. The molecule has 13 N–H and O–H groups in total. The van der Waals surface area contributed by atoms with Crippen LogP contribution in [0.4, 0.5) is 43.4 Å². The number of β-lactam (4-membered cyclic amide) rings is 3. The quantitative estimate of drug-likeness (QED) is 0.00585. The Morgan fingerprint density at radius 3 is 1.14 bits per heavy atom.